The number of carboxylic acids is 1. The zero-order valence-electron chi connectivity index (χ0n) is 28.3. The molecule has 252 valence electrons. The highest BCUT2D eigenvalue weighted by molar-refractivity contribution is 5.80. The molecule has 0 aliphatic carbocycles. The molecule has 0 spiro atoms. The Hall–Kier alpha value is -1.85. The maximum absolute atomic E-state index is 12.6. The Morgan fingerprint density at radius 3 is 1.49 bits per heavy atom. The van der Waals surface area contributed by atoms with Crippen LogP contribution in [0, 0.1) is 0 Å². The standard InChI is InChI=1S/C37H69NO5/c1-3-5-7-9-11-12-13-14-15-16-17-19-24-28-32-37(42)43-34(29-25-21-18-10-8-6-4-2)30-26-22-20-23-27-31-35(39)38-33-36(40)41/h13-14,34H,3-12,15-33H2,1-2H3,(H,38,39)(H,40,41)/b14-13-. The summed E-state index contributed by atoms with van der Waals surface area (Å²) in [6.07, 6.45) is 36.1. The van der Waals surface area contributed by atoms with E-state index in [1.807, 2.05) is 0 Å². The summed E-state index contributed by atoms with van der Waals surface area (Å²) in [7, 11) is 0. The number of hydrogen-bond acceptors (Lipinski definition) is 4. The molecule has 0 aromatic rings. The number of unbranched alkanes of at least 4 members (excludes halogenated alkanes) is 20. The monoisotopic (exact) mass is 608 g/mol. The van der Waals surface area contributed by atoms with Crippen molar-refractivity contribution in [2.75, 3.05) is 6.54 Å². The summed E-state index contributed by atoms with van der Waals surface area (Å²) in [5.74, 6) is -1.24. The Labute approximate surface area is 265 Å². The first-order valence-corrected chi connectivity index (χ1v) is 18.3. The third-order valence-corrected chi connectivity index (χ3v) is 8.19. The first-order chi connectivity index (χ1) is 21.0. The van der Waals surface area contributed by atoms with Crippen LogP contribution in [0.25, 0.3) is 0 Å². The van der Waals surface area contributed by atoms with E-state index < -0.39 is 5.97 Å². The van der Waals surface area contributed by atoms with Gasteiger partial charge >= 0.3 is 11.9 Å². The van der Waals surface area contributed by atoms with Gasteiger partial charge in [-0.1, -0.05) is 129 Å². The van der Waals surface area contributed by atoms with Crippen molar-refractivity contribution < 1.29 is 24.2 Å². The van der Waals surface area contributed by atoms with Gasteiger partial charge in [0.05, 0.1) is 0 Å². The predicted octanol–water partition coefficient (Wildman–Crippen LogP) is 10.6. The lowest BCUT2D eigenvalue weighted by atomic mass is 10.0. The van der Waals surface area contributed by atoms with Gasteiger partial charge in [-0.3, -0.25) is 14.4 Å². The predicted molar refractivity (Wildman–Crippen MR) is 180 cm³/mol. The van der Waals surface area contributed by atoms with Gasteiger partial charge in [0.2, 0.25) is 5.91 Å². The average Bonchev–Trinajstić information content (AvgIpc) is 2.99. The summed E-state index contributed by atoms with van der Waals surface area (Å²) < 4.78 is 5.97. The summed E-state index contributed by atoms with van der Waals surface area (Å²) in [6.45, 7) is 4.19. The van der Waals surface area contributed by atoms with Crippen LogP contribution >= 0.6 is 0 Å². The van der Waals surface area contributed by atoms with E-state index in [9.17, 15) is 14.4 Å². The van der Waals surface area contributed by atoms with E-state index in [0.29, 0.717) is 12.8 Å². The maximum Gasteiger partial charge on any atom is 0.322 e. The van der Waals surface area contributed by atoms with Gasteiger partial charge < -0.3 is 15.2 Å². The second-order valence-electron chi connectivity index (χ2n) is 12.5. The van der Waals surface area contributed by atoms with Crippen molar-refractivity contribution in [2.24, 2.45) is 0 Å². The number of esters is 1. The minimum Gasteiger partial charge on any atom is -0.480 e. The van der Waals surface area contributed by atoms with Gasteiger partial charge in [-0.2, -0.15) is 0 Å². The maximum atomic E-state index is 12.6. The highest BCUT2D eigenvalue weighted by Crippen LogP contribution is 2.18. The molecule has 0 aromatic heterocycles. The number of carboxylic acid groups (broad SMARTS) is 1. The van der Waals surface area contributed by atoms with E-state index in [0.717, 1.165) is 64.2 Å². The molecule has 0 aromatic carbocycles. The van der Waals surface area contributed by atoms with Crippen LogP contribution in [0.1, 0.15) is 194 Å². The van der Waals surface area contributed by atoms with Crippen LogP contribution in [0.2, 0.25) is 0 Å². The van der Waals surface area contributed by atoms with Gasteiger partial charge in [0, 0.05) is 12.8 Å². The summed E-state index contributed by atoms with van der Waals surface area (Å²) >= 11 is 0. The van der Waals surface area contributed by atoms with E-state index in [-0.39, 0.29) is 24.5 Å². The Bertz CT molecular complexity index is 678. The fraction of sp³-hybridized carbons (Fsp3) is 0.865. The highest BCUT2D eigenvalue weighted by atomic mass is 16.5. The number of nitrogens with one attached hydrogen (secondary N) is 1. The summed E-state index contributed by atoms with van der Waals surface area (Å²) in [4.78, 5) is 34.7. The number of aliphatic carboxylic acids is 1. The molecule has 0 heterocycles. The molecule has 0 saturated carbocycles. The van der Waals surface area contributed by atoms with Crippen LogP contribution in [0.4, 0.5) is 0 Å². The molecule has 1 atom stereocenters. The zero-order valence-corrected chi connectivity index (χ0v) is 28.3. The van der Waals surface area contributed by atoms with Gasteiger partial charge in [0.15, 0.2) is 0 Å². The molecule has 2 N–H and O–H groups in total. The van der Waals surface area contributed by atoms with E-state index in [1.54, 1.807) is 0 Å². The molecule has 43 heavy (non-hydrogen) atoms. The van der Waals surface area contributed by atoms with Crippen LogP contribution in [0.5, 0.6) is 0 Å². The molecule has 0 rings (SSSR count). The van der Waals surface area contributed by atoms with Crippen molar-refractivity contribution in [3.63, 3.8) is 0 Å². The molecule has 0 aliphatic rings. The highest BCUT2D eigenvalue weighted by Gasteiger charge is 2.14. The number of amides is 1. The molecule has 1 amide bonds. The van der Waals surface area contributed by atoms with E-state index >= 15 is 0 Å². The lowest BCUT2D eigenvalue weighted by Crippen LogP contribution is -2.28. The molecule has 0 aliphatic heterocycles. The Balaban J connectivity index is 4.07. The topological polar surface area (TPSA) is 92.7 Å². The summed E-state index contributed by atoms with van der Waals surface area (Å²) in [6, 6.07) is 0. The van der Waals surface area contributed by atoms with E-state index in [2.05, 4.69) is 31.3 Å². The molecule has 6 heteroatoms. The number of ether oxygens (including phenoxy) is 1. The van der Waals surface area contributed by atoms with Crippen LogP contribution in [0.15, 0.2) is 12.2 Å². The normalized spacial score (nSPS) is 12.0. The van der Waals surface area contributed by atoms with E-state index in [1.165, 1.54) is 103 Å². The Morgan fingerprint density at radius 1 is 0.581 bits per heavy atom. The van der Waals surface area contributed by atoms with Crippen molar-refractivity contribution in [2.45, 2.75) is 200 Å². The second-order valence-corrected chi connectivity index (χ2v) is 12.5. The molecule has 6 nitrogen and oxygen atoms in total. The average molecular weight is 608 g/mol. The van der Waals surface area contributed by atoms with Crippen LogP contribution in [0.3, 0.4) is 0 Å². The molecule has 1 unspecified atom stereocenters. The lowest BCUT2D eigenvalue weighted by Gasteiger charge is -2.18. The van der Waals surface area contributed by atoms with E-state index in [4.69, 9.17) is 9.84 Å². The number of allylic oxidation sites excluding steroid dienone is 2. The summed E-state index contributed by atoms with van der Waals surface area (Å²) in [5, 5.41) is 11.0. The first kappa shape index (κ1) is 41.1. The molecule has 0 radical (unpaired) electrons. The minimum atomic E-state index is -1.02. The van der Waals surface area contributed by atoms with Gasteiger partial charge in [-0.25, -0.2) is 0 Å². The Kier molecular flexibility index (Phi) is 31.6. The molecule has 0 saturated heterocycles. The first-order valence-electron chi connectivity index (χ1n) is 18.3. The fourth-order valence-corrected chi connectivity index (χ4v) is 5.45. The largest absolute Gasteiger partial charge is 0.480 e. The van der Waals surface area contributed by atoms with Gasteiger partial charge in [0.25, 0.3) is 0 Å². The van der Waals surface area contributed by atoms with Crippen molar-refractivity contribution >= 4 is 17.8 Å². The smallest absolute Gasteiger partial charge is 0.322 e. The lowest BCUT2D eigenvalue weighted by molar-refractivity contribution is -0.150. The van der Waals surface area contributed by atoms with Gasteiger partial charge in [-0.05, 0) is 64.2 Å². The van der Waals surface area contributed by atoms with Gasteiger partial charge in [0.1, 0.15) is 12.6 Å². The summed E-state index contributed by atoms with van der Waals surface area (Å²) in [5.41, 5.74) is 0. The molecular formula is C37H69NO5. The molecular weight excluding hydrogens is 538 g/mol. The third-order valence-electron chi connectivity index (χ3n) is 8.19. The quantitative estimate of drug-likeness (QED) is 0.0440. The number of hydrogen-bond donors (Lipinski definition) is 2. The SMILES string of the molecule is CCCCCCC/C=C\CCCCCCCC(=O)OC(CCCCCCCCC)CCCCCCCC(=O)NCC(=O)O. The van der Waals surface area contributed by atoms with Crippen LogP contribution in [-0.2, 0) is 19.1 Å². The van der Waals surface area contributed by atoms with Crippen molar-refractivity contribution in [1.29, 1.82) is 0 Å². The van der Waals surface area contributed by atoms with Crippen molar-refractivity contribution in [3.8, 4) is 0 Å². The van der Waals surface area contributed by atoms with Gasteiger partial charge in [-0.15, -0.1) is 0 Å². The molecule has 0 bridgehead atoms. The minimum absolute atomic E-state index is 0.0258. The number of carbonyl (C=O) groups excluding carboxylic acids is 2. The van der Waals surface area contributed by atoms with Crippen molar-refractivity contribution in [3.05, 3.63) is 12.2 Å². The Morgan fingerprint density at radius 2 is 1.00 bits per heavy atom. The third kappa shape index (κ3) is 32.9. The van der Waals surface area contributed by atoms with Crippen molar-refractivity contribution in [1.82, 2.24) is 5.32 Å². The number of rotatable bonds is 33. The second kappa shape index (κ2) is 33.1. The van der Waals surface area contributed by atoms with Crippen LogP contribution in [-0.4, -0.2) is 35.6 Å². The zero-order chi connectivity index (χ0) is 31.6. The fourth-order valence-electron chi connectivity index (χ4n) is 5.45. The number of carbonyl (C=O) groups is 3. The van der Waals surface area contributed by atoms with Crippen LogP contribution < -0.4 is 5.32 Å². The molecule has 0 fully saturated rings.